The molecule has 8 aromatic rings. The standard InChI is InChI=1S/C71H54N8O16/c1-77-58-41-13-5-34(22-38-10-18-46(66(84)85)54(30-38)70(92)93)26-50(41)62(77)76-60-43-15-7-35(23-39-11-19-47(67(86)87)55(31-39)71(94)95)27-51(43)63(79(60)3)75-59-42-14-6-33(21-37-9-17-45(65(82)83)53(29-37)69(90)91)25-49(42)61(78(59)2)73-56-40-12-4-32(24-48(40)57(72-56)74-58)20-36-8-16-44(64(80)81)52(28-36)68(88)89/h4-19,24-31,57,61-63H,20-23H2,1-3H3,(H,72,73)(H,80,81)(H,82,83)(H,84,85)(H,86,87)(H,88,89)(H,90,91)(H,92,93)(H,94,95)/b74-58-,75-59-,76-60-. The molecule has 0 saturated heterocycles. The minimum atomic E-state index is -1.40. The van der Waals surface area contributed by atoms with E-state index >= 15 is 0 Å². The highest BCUT2D eigenvalue weighted by Crippen LogP contribution is 2.45. The summed E-state index contributed by atoms with van der Waals surface area (Å²) in [5, 5.41) is 83.0. The fraction of sp³-hybridized carbons (Fsp3) is 0.155. The Bertz CT molecular complexity index is 4920. The van der Waals surface area contributed by atoms with E-state index in [9.17, 15) is 79.2 Å². The number of carboxylic acids is 8. The lowest BCUT2D eigenvalue weighted by atomic mass is 9.96. The molecule has 5 aliphatic heterocycles. The van der Waals surface area contributed by atoms with Crippen molar-refractivity contribution in [2.75, 3.05) is 21.1 Å². The highest BCUT2D eigenvalue weighted by Gasteiger charge is 2.42. The molecule has 4 unspecified atom stereocenters. The van der Waals surface area contributed by atoms with Crippen LogP contribution in [0.5, 0.6) is 0 Å². The first-order valence-electron chi connectivity index (χ1n) is 29.6. The highest BCUT2D eigenvalue weighted by atomic mass is 16.4. The molecule has 9 N–H and O–H groups in total. The zero-order valence-corrected chi connectivity index (χ0v) is 50.5. The summed E-state index contributed by atoms with van der Waals surface area (Å²) < 4.78 is 0. The van der Waals surface area contributed by atoms with Gasteiger partial charge in [-0.15, -0.1) is 0 Å². The quantitative estimate of drug-likeness (QED) is 0.0435. The molecule has 8 aromatic carbocycles. The monoisotopic (exact) mass is 1270 g/mol. The van der Waals surface area contributed by atoms with Crippen molar-refractivity contribution in [2.45, 2.75) is 50.3 Å². The average molecular weight is 1280 g/mol. The molecule has 0 spiro atoms. The molecule has 0 aliphatic carbocycles. The maximum atomic E-state index is 12.3. The molecule has 24 nitrogen and oxygen atoms in total. The number of carbonyl (C=O) groups is 8. The Morgan fingerprint density at radius 2 is 0.547 bits per heavy atom. The maximum Gasteiger partial charge on any atom is 0.336 e. The number of aliphatic imine (C=N–C) groups is 4. The van der Waals surface area contributed by atoms with Gasteiger partial charge in [0.25, 0.3) is 0 Å². The van der Waals surface area contributed by atoms with Gasteiger partial charge in [0.2, 0.25) is 0 Å². The second-order valence-corrected chi connectivity index (χ2v) is 23.7. The second-order valence-electron chi connectivity index (χ2n) is 23.7. The normalized spacial score (nSPS) is 19.3. The molecule has 24 heteroatoms. The van der Waals surface area contributed by atoms with Gasteiger partial charge in [-0.25, -0.2) is 58.3 Å². The van der Waals surface area contributed by atoms with Gasteiger partial charge in [0, 0.05) is 65.7 Å². The van der Waals surface area contributed by atoms with Gasteiger partial charge in [-0.1, -0.05) is 97.1 Å². The average Bonchev–Trinajstić information content (AvgIpc) is 1.58. The van der Waals surface area contributed by atoms with Crippen LogP contribution in [0.25, 0.3) is 0 Å². The summed E-state index contributed by atoms with van der Waals surface area (Å²) in [6.07, 6.45) is -2.49. The van der Waals surface area contributed by atoms with Gasteiger partial charge in [0.05, 0.1) is 44.5 Å². The largest absolute Gasteiger partial charge is 0.478 e. The molecule has 95 heavy (non-hydrogen) atoms. The van der Waals surface area contributed by atoms with Gasteiger partial charge < -0.3 is 60.9 Å². The summed E-state index contributed by atoms with van der Waals surface area (Å²) in [4.78, 5) is 126. The summed E-state index contributed by atoms with van der Waals surface area (Å²) in [5.74, 6) is -9.19. The number of amidine groups is 4. The number of hydrogen-bond donors (Lipinski definition) is 9. The molecule has 8 bridgehead atoms. The molecule has 13 rings (SSSR count). The van der Waals surface area contributed by atoms with E-state index in [0.717, 1.165) is 22.3 Å². The molecule has 0 amide bonds. The van der Waals surface area contributed by atoms with Crippen LogP contribution in [0.1, 0.15) is 197 Å². The van der Waals surface area contributed by atoms with E-state index in [4.69, 9.17) is 20.0 Å². The molecular formula is C71H54N8O16. The Labute approximate surface area is 538 Å². The Hall–Kier alpha value is -12.6. The number of nitrogens with zero attached hydrogens (tertiary/aromatic N) is 7. The summed E-state index contributed by atoms with van der Waals surface area (Å²) in [5.41, 5.74) is 7.68. The summed E-state index contributed by atoms with van der Waals surface area (Å²) in [7, 11) is 5.57. The van der Waals surface area contributed by atoms with E-state index in [2.05, 4.69) is 5.32 Å². The zero-order chi connectivity index (χ0) is 67.2. The molecule has 0 saturated carbocycles. The molecule has 0 fully saturated rings. The van der Waals surface area contributed by atoms with Gasteiger partial charge in [0.15, 0.2) is 18.5 Å². The number of carboxylic acid groups (broad SMARTS) is 8. The van der Waals surface area contributed by atoms with E-state index in [0.29, 0.717) is 90.1 Å². The van der Waals surface area contributed by atoms with Gasteiger partial charge >= 0.3 is 47.8 Å². The zero-order valence-electron chi connectivity index (χ0n) is 50.5. The molecule has 5 heterocycles. The summed E-state index contributed by atoms with van der Waals surface area (Å²) in [6.45, 7) is 0. The van der Waals surface area contributed by atoms with E-state index in [1.807, 2.05) is 109 Å². The van der Waals surface area contributed by atoms with E-state index < -0.39 is 72.4 Å². The third-order valence-electron chi connectivity index (χ3n) is 17.8. The van der Waals surface area contributed by atoms with Gasteiger partial charge in [-0.2, -0.15) is 0 Å². The summed E-state index contributed by atoms with van der Waals surface area (Å²) >= 11 is 0. The van der Waals surface area contributed by atoms with Gasteiger partial charge in [-0.3, -0.25) is 0 Å². The smallest absolute Gasteiger partial charge is 0.336 e. The lowest BCUT2D eigenvalue weighted by Crippen LogP contribution is -2.31. The topological polar surface area (TPSA) is 370 Å². The Morgan fingerprint density at radius 1 is 0.305 bits per heavy atom. The predicted octanol–water partition coefficient (Wildman–Crippen LogP) is 9.17. The van der Waals surface area contributed by atoms with Crippen LogP contribution >= 0.6 is 0 Å². The van der Waals surface area contributed by atoms with Crippen molar-refractivity contribution in [1.82, 2.24) is 20.0 Å². The van der Waals surface area contributed by atoms with Crippen molar-refractivity contribution in [3.63, 3.8) is 0 Å². The van der Waals surface area contributed by atoms with Crippen LogP contribution in [-0.2, 0) is 25.7 Å². The van der Waals surface area contributed by atoms with Gasteiger partial charge in [0.1, 0.15) is 29.5 Å². The molecule has 0 aromatic heterocycles. The van der Waals surface area contributed by atoms with Crippen molar-refractivity contribution in [2.24, 2.45) is 20.0 Å². The molecule has 5 aliphatic rings. The lowest BCUT2D eigenvalue weighted by molar-refractivity contribution is 0.0651. The minimum absolute atomic E-state index is 0.193. The highest BCUT2D eigenvalue weighted by molar-refractivity contribution is 6.10. The van der Waals surface area contributed by atoms with Crippen molar-refractivity contribution in [3.05, 3.63) is 279 Å². The van der Waals surface area contributed by atoms with E-state index in [1.165, 1.54) is 48.5 Å². The fourth-order valence-electron chi connectivity index (χ4n) is 13.2. The van der Waals surface area contributed by atoms with Crippen molar-refractivity contribution in [3.8, 4) is 0 Å². The van der Waals surface area contributed by atoms with Crippen LogP contribution in [0.3, 0.4) is 0 Å². The van der Waals surface area contributed by atoms with Crippen LogP contribution in [0.15, 0.2) is 166 Å². The second kappa shape index (κ2) is 23.6. The van der Waals surface area contributed by atoms with Crippen LogP contribution in [0, 0.1) is 0 Å². The van der Waals surface area contributed by atoms with Crippen molar-refractivity contribution >= 4 is 71.1 Å². The number of fused-ring (bicyclic) bond motifs is 20. The molecule has 474 valence electrons. The number of aromatic carboxylic acids is 8. The van der Waals surface area contributed by atoms with Crippen molar-refractivity contribution in [1.29, 1.82) is 0 Å². The first-order valence-corrected chi connectivity index (χ1v) is 29.6. The third-order valence-corrected chi connectivity index (χ3v) is 17.8. The van der Waals surface area contributed by atoms with Crippen LogP contribution in [0.4, 0.5) is 0 Å². The SMILES string of the molecule is CN1/C2=N\C3c4cc(Cc5ccc(C(=O)O)c(C(=O)O)c5)ccc4/C(=N/C4c5cc(Cc6ccc(C(=O)O)c(C(=O)O)c6)ccc5/C(=N/C5N/C(=N\C1c1cc(Cc6ccc(C(=O)O)c(C(=O)O)c6)ccc12)c1ccc(Cc2ccc(C(=O)O)c(C(=O)O)c2)cc15)N4C)N3C. The number of rotatable bonds is 16. The number of nitrogens with one attached hydrogen (secondary N) is 1. The fourth-order valence-corrected chi connectivity index (χ4v) is 13.2. The number of hydrogen-bond acceptors (Lipinski definition) is 16. The Morgan fingerprint density at radius 3 is 0.842 bits per heavy atom. The van der Waals surface area contributed by atoms with E-state index in [-0.39, 0.29) is 70.2 Å². The van der Waals surface area contributed by atoms with Gasteiger partial charge in [-0.05, 0) is 119 Å². The Balaban J connectivity index is 1.00. The maximum absolute atomic E-state index is 12.3. The minimum Gasteiger partial charge on any atom is -0.478 e. The first-order chi connectivity index (χ1) is 45.4. The first kappa shape index (κ1) is 61.3. The van der Waals surface area contributed by atoms with E-state index in [1.54, 1.807) is 24.3 Å². The van der Waals surface area contributed by atoms with Crippen molar-refractivity contribution < 1.29 is 79.2 Å². The van der Waals surface area contributed by atoms with Crippen LogP contribution in [-0.4, -0.2) is 148 Å². The molecule has 4 atom stereocenters. The molecular weight excluding hydrogens is 1220 g/mol. The summed E-state index contributed by atoms with van der Waals surface area (Å²) in [6, 6.07) is 39.6. The third kappa shape index (κ3) is 11.1. The predicted molar refractivity (Wildman–Crippen MR) is 342 cm³/mol. The number of benzene rings is 8. The lowest BCUT2D eigenvalue weighted by Gasteiger charge is -2.26. The van der Waals surface area contributed by atoms with Crippen LogP contribution < -0.4 is 5.32 Å². The van der Waals surface area contributed by atoms with Crippen LogP contribution in [0.2, 0.25) is 0 Å². The molecule has 0 radical (unpaired) electrons. The Kier molecular flexibility index (Phi) is 15.2.